The van der Waals surface area contributed by atoms with Crippen LogP contribution in [0.5, 0.6) is 0 Å². The monoisotopic (exact) mass is 568 g/mol. The molecule has 1 saturated carbocycles. The van der Waals surface area contributed by atoms with E-state index >= 15 is 0 Å². The van der Waals surface area contributed by atoms with Crippen LogP contribution >= 0.6 is 0 Å². The molecule has 216 valence electrons. The lowest BCUT2D eigenvalue weighted by atomic mass is 9.91. The Labute approximate surface area is 241 Å². The summed E-state index contributed by atoms with van der Waals surface area (Å²) in [6.07, 6.45) is 5.90. The van der Waals surface area contributed by atoms with Crippen LogP contribution in [0, 0.1) is 5.82 Å². The van der Waals surface area contributed by atoms with Gasteiger partial charge in [0.15, 0.2) is 6.23 Å². The number of aromatic amines is 1. The summed E-state index contributed by atoms with van der Waals surface area (Å²) in [5.74, 6) is -0.0145. The molecule has 2 aliphatic rings. The molecule has 9 heteroatoms. The number of rotatable bonds is 4. The first-order chi connectivity index (χ1) is 20.2. The van der Waals surface area contributed by atoms with Crippen molar-refractivity contribution < 1.29 is 18.7 Å². The van der Waals surface area contributed by atoms with Gasteiger partial charge in [0.05, 0.1) is 17.2 Å². The van der Waals surface area contributed by atoms with Crippen LogP contribution in [0.4, 0.5) is 14.9 Å². The van der Waals surface area contributed by atoms with Crippen LogP contribution < -0.4 is 10.9 Å². The molecule has 0 bridgehead atoms. The van der Waals surface area contributed by atoms with Crippen molar-refractivity contribution in [2.45, 2.75) is 70.6 Å². The molecule has 2 fully saturated rings. The molecule has 8 nitrogen and oxygen atoms in total. The number of anilines is 1. The first-order valence-electron chi connectivity index (χ1n) is 14.6. The number of nitrogens with zero attached hydrogens (tertiary/aromatic N) is 2. The summed E-state index contributed by atoms with van der Waals surface area (Å²) in [6.45, 7) is 6.00. The molecule has 2 N–H and O–H groups in total. The summed E-state index contributed by atoms with van der Waals surface area (Å²) in [6, 6.07) is 12.6. The van der Waals surface area contributed by atoms with Gasteiger partial charge in [0.1, 0.15) is 17.1 Å². The molecule has 1 unspecified atom stereocenters. The Morgan fingerprint density at radius 1 is 1.07 bits per heavy atom. The summed E-state index contributed by atoms with van der Waals surface area (Å²) in [4.78, 5) is 29.9. The number of nitrogens with one attached hydrogen (secondary N) is 2. The number of fused-ring (bicyclic) bond motifs is 4. The number of carbonyl (C=O) groups is 1. The Bertz CT molecular complexity index is 1930. The molecule has 1 saturated heterocycles. The summed E-state index contributed by atoms with van der Waals surface area (Å²) >= 11 is 0. The van der Waals surface area contributed by atoms with Crippen LogP contribution in [0.2, 0.25) is 0 Å². The zero-order valence-corrected chi connectivity index (χ0v) is 23.9. The average Bonchev–Trinajstić information content (AvgIpc) is 3.70. The van der Waals surface area contributed by atoms with Crippen molar-refractivity contribution in [3.8, 4) is 11.1 Å². The third-order valence-electron chi connectivity index (χ3n) is 8.10. The Balaban J connectivity index is 1.53. The van der Waals surface area contributed by atoms with Crippen molar-refractivity contribution in [2.24, 2.45) is 0 Å². The highest BCUT2D eigenvalue weighted by atomic mass is 19.1. The van der Waals surface area contributed by atoms with Gasteiger partial charge in [-0.15, -0.1) is 0 Å². The van der Waals surface area contributed by atoms with E-state index in [9.17, 15) is 14.0 Å². The maximum Gasteiger partial charge on any atom is 0.412 e. The van der Waals surface area contributed by atoms with Crippen LogP contribution in [0.1, 0.15) is 70.6 Å². The molecule has 1 aliphatic carbocycles. The molecular weight excluding hydrogens is 535 g/mol. The quantitative estimate of drug-likeness (QED) is 0.216. The second-order valence-corrected chi connectivity index (χ2v) is 12.3. The molecule has 1 aliphatic heterocycles. The Hall–Kier alpha value is -4.24. The Morgan fingerprint density at radius 2 is 1.90 bits per heavy atom. The van der Waals surface area contributed by atoms with E-state index in [1.807, 2.05) is 28.9 Å². The van der Waals surface area contributed by atoms with Crippen molar-refractivity contribution in [3.63, 3.8) is 0 Å². The number of hydrogen-bond acceptors (Lipinski definition) is 5. The minimum atomic E-state index is -0.756. The fourth-order valence-corrected chi connectivity index (χ4v) is 6.15. The summed E-state index contributed by atoms with van der Waals surface area (Å²) in [7, 11) is 0. The lowest BCUT2D eigenvalue weighted by molar-refractivity contribution is -0.0366. The molecule has 1 amide bonds. The normalized spacial score (nSPS) is 17.7. The van der Waals surface area contributed by atoms with E-state index in [-0.39, 0.29) is 17.7 Å². The molecule has 7 rings (SSSR count). The predicted octanol–water partition coefficient (Wildman–Crippen LogP) is 7.76. The first kappa shape index (κ1) is 26.6. The Morgan fingerprint density at radius 3 is 2.64 bits per heavy atom. The smallest absolute Gasteiger partial charge is 0.412 e. The zero-order valence-electron chi connectivity index (χ0n) is 23.9. The summed E-state index contributed by atoms with van der Waals surface area (Å²) in [5, 5.41) is 10.6. The van der Waals surface area contributed by atoms with Crippen molar-refractivity contribution in [1.29, 1.82) is 0 Å². The lowest BCUT2D eigenvalue weighted by Crippen LogP contribution is -2.29. The predicted molar refractivity (Wildman–Crippen MR) is 161 cm³/mol. The van der Waals surface area contributed by atoms with Gasteiger partial charge in [-0.1, -0.05) is 12.1 Å². The molecule has 42 heavy (non-hydrogen) atoms. The highest BCUT2D eigenvalue weighted by molar-refractivity contribution is 6.17. The number of benzene rings is 3. The van der Waals surface area contributed by atoms with Gasteiger partial charge >= 0.3 is 6.09 Å². The zero-order chi connectivity index (χ0) is 29.2. The Kier molecular flexibility index (Phi) is 6.31. The molecule has 3 aromatic carbocycles. The van der Waals surface area contributed by atoms with Gasteiger partial charge in [0.25, 0.3) is 5.56 Å². The number of ether oxygens (including phenoxy) is 2. The first-order valence-corrected chi connectivity index (χ1v) is 14.6. The number of halogens is 1. The maximum absolute atomic E-state index is 14.4. The fraction of sp³-hybridized carbons (Fsp3) is 0.364. The van der Waals surface area contributed by atoms with E-state index in [1.165, 1.54) is 6.07 Å². The van der Waals surface area contributed by atoms with E-state index in [0.717, 1.165) is 70.3 Å². The lowest BCUT2D eigenvalue weighted by Gasteiger charge is -2.23. The molecule has 5 aromatic rings. The number of aromatic nitrogens is 3. The van der Waals surface area contributed by atoms with Crippen molar-refractivity contribution in [3.05, 3.63) is 70.4 Å². The third-order valence-corrected chi connectivity index (χ3v) is 8.10. The standard InChI is InChI=1S/C33H33FN4O4/c1-33(2,3)42-32(40)37-30-28(20-7-6-8-26-25(20)17-35-38(26)27-9-4-5-14-41-27)24-16-22(18-10-11-18)23-15-19(34)12-13-21(23)29(24)36-31(30)39/h6-8,12-13,15-18,27H,4-5,9-11,14H2,1-3H3,(H,36,39)(H,37,40). The SMILES string of the molecule is CC(C)(C)OC(=O)Nc1c(-c2cccc3c2cnn3C2CCCCO2)c2cc(C3CC3)c3cc(F)ccc3c2[nH]c1=O. The van der Waals surface area contributed by atoms with Crippen LogP contribution in [0.25, 0.3) is 43.7 Å². The molecule has 3 heterocycles. The second kappa shape index (κ2) is 9.94. The van der Waals surface area contributed by atoms with Crippen LogP contribution in [0.3, 0.4) is 0 Å². The van der Waals surface area contributed by atoms with Gasteiger partial charge in [-0.25, -0.2) is 13.9 Å². The summed E-state index contributed by atoms with van der Waals surface area (Å²) in [5.41, 5.74) is 2.68. The molecule has 1 atom stereocenters. The molecular formula is C33H33FN4O4. The molecule has 2 aromatic heterocycles. The number of hydrogen-bond donors (Lipinski definition) is 2. The van der Waals surface area contributed by atoms with E-state index in [2.05, 4.69) is 10.3 Å². The van der Waals surface area contributed by atoms with Gasteiger partial charge < -0.3 is 14.5 Å². The van der Waals surface area contributed by atoms with Crippen LogP contribution in [0.15, 0.2) is 53.5 Å². The van der Waals surface area contributed by atoms with E-state index in [4.69, 9.17) is 14.6 Å². The number of pyridine rings is 1. The van der Waals surface area contributed by atoms with E-state index < -0.39 is 17.3 Å². The van der Waals surface area contributed by atoms with Gasteiger partial charge in [-0.2, -0.15) is 5.10 Å². The van der Waals surface area contributed by atoms with Crippen LogP contribution in [-0.2, 0) is 9.47 Å². The van der Waals surface area contributed by atoms with Gasteiger partial charge in [-0.05, 0) is 106 Å². The molecule has 0 radical (unpaired) electrons. The topological polar surface area (TPSA) is 98.2 Å². The number of carbonyl (C=O) groups excluding carboxylic acids is 1. The van der Waals surface area contributed by atoms with E-state index in [0.29, 0.717) is 23.6 Å². The maximum atomic E-state index is 14.4. The van der Waals surface area contributed by atoms with Gasteiger partial charge in [0.2, 0.25) is 0 Å². The minimum Gasteiger partial charge on any atom is -0.444 e. The average molecular weight is 569 g/mol. The fourth-order valence-electron chi connectivity index (χ4n) is 6.15. The van der Waals surface area contributed by atoms with Crippen LogP contribution in [-0.4, -0.2) is 33.1 Å². The van der Waals surface area contributed by atoms with Gasteiger partial charge in [0, 0.05) is 28.3 Å². The minimum absolute atomic E-state index is 0.0918. The van der Waals surface area contributed by atoms with Crippen molar-refractivity contribution in [2.75, 3.05) is 11.9 Å². The summed E-state index contributed by atoms with van der Waals surface area (Å²) < 4.78 is 27.9. The number of amides is 1. The second-order valence-electron chi connectivity index (χ2n) is 12.3. The highest BCUT2D eigenvalue weighted by Crippen LogP contribution is 2.47. The van der Waals surface area contributed by atoms with Gasteiger partial charge in [-0.3, -0.25) is 10.1 Å². The number of H-pyrrole nitrogens is 1. The van der Waals surface area contributed by atoms with Crippen molar-refractivity contribution >= 4 is 44.4 Å². The molecule has 0 spiro atoms. The van der Waals surface area contributed by atoms with E-state index in [1.54, 1.807) is 39.1 Å². The van der Waals surface area contributed by atoms with Crippen molar-refractivity contribution in [1.82, 2.24) is 14.8 Å². The highest BCUT2D eigenvalue weighted by Gasteiger charge is 2.29. The third kappa shape index (κ3) is 4.71. The largest absolute Gasteiger partial charge is 0.444 e.